The third kappa shape index (κ3) is 5.39. The van der Waals surface area contributed by atoms with Crippen LogP contribution in [0.4, 0.5) is 0 Å². The lowest BCUT2D eigenvalue weighted by Gasteiger charge is -2.35. The van der Waals surface area contributed by atoms with Gasteiger partial charge in [-0.3, -0.25) is 14.6 Å². The Morgan fingerprint density at radius 2 is 1.76 bits per heavy atom. The van der Waals surface area contributed by atoms with E-state index in [1.807, 2.05) is 47.0 Å². The Kier molecular flexibility index (Phi) is 6.86. The Balaban J connectivity index is 1.24. The summed E-state index contributed by atoms with van der Waals surface area (Å²) in [5.41, 5.74) is 1.37. The molecule has 156 valence electrons. The zero-order chi connectivity index (χ0) is 20.1. The number of aliphatic hydroxyl groups excluding tert-OH is 1. The topological polar surface area (TPSA) is 73.0 Å². The average molecular weight is 417 g/mol. The van der Waals surface area contributed by atoms with E-state index in [1.54, 1.807) is 0 Å². The Hall–Kier alpha value is -1.87. The molecule has 0 bridgehead atoms. The number of piperazine rings is 1. The lowest BCUT2D eigenvalue weighted by atomic mass is 10.1. The smallest absolute Gasteiger partial charge is 0.275 e. The molecule has 8 heteroatoms. The van der Waals surface area contributed by atoms with E-state index >= 15 is 0 Å². The number of benzene rings is 1. The van der Waals surface area contributed by atoms with E-state index in [0.717, 1.165) is 56.3 Å². The predicted octanol–water partition coefficient (Wildman–Crippen LogP) is 1.71. The molecule has 2 aliphatic heterocycles. The summed E-state index contributed by atoms with van der Waals surface area (Å²) in [6.45, 7) is 6.36. The molecule has 2 fully saturated rings. The molecular formula is C21H28N4O3S. The summed E-state index contributed by atoms with van der Waals surface area (Å²) in [5, 5.41) is 10.4. The summed E-state index contributed by atoms with van der Waals surface area (Å²) < 4.78 is 5.57. The minimum atomic E-state index is -0.462. The summed E-state index contributed by atoms with van der Waals surface area (Å²) in [7, 11) is 0. The van der Waals surface area contributed by atoms with E-state index in [1.165, 1.54) is 6.26 Å². The number of aromatic nitrogens is 1. The van der Waals surface area contributed by atoms with Gasteiger partial charge in [0.25, 0.3) is 5.91 Å². The number of hydrogen-bond donors (Lipinski definition) is 1. The van der Waals surface area contributed by atoms with Gasteiger partial charge in [0, 0.05) is 57.3 Å². The second-order valence-electron chi connectivity index (χ2n) is 7.53. The number of thioether (sulfide) groups is 1. The van der Waals surface area contributed by atoms with Gasteiger partial charge in [0.15, 0.2) is 5.69 Å². The van der Waals surface area contributed by atoms with Crippen molar-refractivity contribution in [3.8, 4) is 0 Å². The lowest BCUT2D eigenvalue weighted by Crippen LogP contribution is -2.47. The van der Waals surface area contributed by atoms with Crippen LogP contribution in [0, 0.1) is 0 Å². The third-order valence-corrected chi connectivity index (χ3v) is 6.45. The van der Waals surface area contributed by atoms with Crippen LogP contribution in [0.3, 0.4) is 0 Å². The van der Waals surface area contributed by atoms with Crippen molar-refractivity contribution in [1.29, 1.82) is 0 Å². The van der Waals surface area contributed by atoms with E-state index < -0.39 is 6.10 Å². The van der Waals surface area contributed by atoms with Crippen LogP contribution in [-0.4, -0.2) is 88.0 Å². The van der Waals surface area contributed by atoms with Crippen molar-refractivity contribution < 1.29 is 14.3 Å². The maximum Gasteiger partial charge on any atom is 0.275 e. The van der Waals surface area contributed by atoms with Crippen LogP contribution in [0.5, 0.6) is 0 Å². The summed E-state index contributed by atoms with van der Waals surface area (Å²) in [4.78, 5) is 23.4. The van der Waals surface area contributed by atoms with Crippen LogP contribution in [0.15, 0.2) is 41.0 Å². The summed E-state index contributed by atoms with van der Waals surface area (Å²) in [5.74, 6) is 2.54. The maximum atomic E-state index is 12.5. The van der Waals surface area contributed by atoms with E-state index in [4.69, 9.17) is 4.42 Å². The fraction of sp³-hybridized carbons (Fsp3) is 0.524. The van der Waals surface area contributed by atoms with Crippen LogP contribution < -0.4 is 0 Å². The van der Waals surface area contributed by atoms with Gasteiger partial charge in [0.2, 0.25) is 5.89 Å². The van der Waals surface area contributed by atoms with Gasteiger partial charge in [-0.25, -0.2) is 4.98 Å². The van der Waals surface area contributed by atoms with Crippen LogP contribution >= 0.6 is 11.8 Å². The van der Waals surface area contributed by atoms with Crippen molar-refractivity contribution in [3.63, 3.8) is 0 Å². The van der Waals surface area contributed by atoms with Crippen molar-refractivity contribution in [3.05, 3.63) is 53.7 Å². The largest absolute Gasteiger partial charge is 0.447 e. The van der Waals surface area contributed by atoms with Gasteiger partial charge in [-0.1, -0.05) is 30.3 Å². The molecule has 0 radical (unpaired) electrons. The third-order valence-electron chi connectivity index (χ3n) is 5.51. The molecule has 29 heavy (non-hydrogen) atoms. The van der Waals surface area contributed by atoms with Crippen molar-refractivity contribution in [1.82, 2.24) is 19.7 Å². The minimum Gasteiger partial charge on any atom is -0.447 e. The Labute approximate surface area is 175 Å². The number of carbonyl (C=O) groups is 1. The number of amides is 1. The van der Waals surface area contributed by atoms with Gasteiger partial charge in [-0.15, -0.1) is 0 Å². The first kappa shape index (κ1) is 20.4. The first-order valence-corrected chi connectivity index (χ1v) is 11.3. The molecule has 1 aromatic carbocycles. The van der Waals surface area contributed by atoms with Crippen molar-refractivity contribution in [2.45, 2.75) is 12.6 Å². The molecule has 4 rings (SSSR count). The minimum absolute atomic E-state index is 0.0278. The van der Waals surface area contributed by atoms with E-state index in [9.17, 15) is 9.90 Å². The molecule has 1 amide bonds. The van der Waals surface area contributed by atoms with E-state index in [2.05, 4.69) is 14.8 Å². The summed E-state index contributed by atoms with van der Waals surface area (Å²) in [6.07, 6.45) is 1.03. The van der Waals surface area contributed by atoms with Crippen LogP contribution in [0.25, 0.3) is 0 Å². The molecule has 2 aromatic rings. The van der Waals surface area contributed by atoms with Gasteiger partial charge in [-0.05, 0) is 5.56 Å². The first-order chi connectivity index (χ1) is 14.2. The molecule has 0 spiro atoms. The number of carbonyl (C=O) groups excluding carboxylic acids is 1. The van der Waals surface area contributed by atoms with Crippen LogP contribution in [-0.2, 0) is 6.54 Å². The normalized spacial score (nSPS) is 20.0. The summed E-state index contributed by atoms with van der Waals surface area (Å²) in [6, 6.07) is 9.80. The highest BCUT2D eigenvalue weighted by atomic mass is 32.2. The molecule has 1 aromatic heterocycles. The summed E-state index contributed by atoms with van der Waals surface area (Å²) >= 11 is 1.88. The first-order valence-electron chi connectivity index (χ1n) is 10.2. The van der Waals surface area contributed by atoms with Crippen molar-refractivity contribution in [2.24, 2.45) is 0 Å². The van der Waals surface area contributed by atoms with Crippen molar-refractivity contribution >= 4 is 17.7 Å². The number of oxazole rings is 1. The fourth-order valence-electron chi connectivity index (χ4n) is 3.76. The Morgan fingerprint density at radius 1 is 1.07 bits per heavy atom. The highest BCUT2D eigenvalue weighted by molar-refractivity contribution is 7.99. The SMILES string of the molecule is O=C(c1coc(CN2CCN(CC(O)c3ccccc3)CC2)n1)N1CCSCC1. The fourth-order valence-corrected chi connectivity index (χ4v) is 4.66. The molecule has 2 saturated heterocycles. The molecule has 0 saturated carbocycles. The standard InChI is InChI=1S/C21H28N4O3S/c26-19(17-4-2-1-3-5-17)14-23-6-8-24(9-7-23)15-20-22-18(16-28-20)21(27)25-10-12-29-13-11-25/h1-5,16,19,26H,6-15H2. The highest BCUT2D eigenvalue weighted by Gasteiger charge is 2.24. The lowest BCUT2D eigenvalue weighted by molar-refractivity contribution is 0.0671. The Morgan fingerprint density at radius 3 is 2.48 bits per heavy atom. The zero-order valence-electron chi connectivity index (χ0n) is 16.6. The number of nitrogens with zero attached hydrogens (tertiary/aromatic N) is 4. The molecule has 1 N–H and O–H groups in total. The maximum absolute atomic E-state index is 12.5. The highest BCUT2D eigenvalue weighted by Crippen LogP contribution is 2.17. The average Bonchev–Trinajstić information content (AvgIpc) is 3.24. The number of rotatable bonds is 6. The Bertz CT molecular complexity index is 786. The van der Waals surface area contributed by atoms with Gasteiger partial charge in [0.05, 0.1) is 12.6 Å². The van der Waals surface area contributed by atoms with Crippen LogP contribution in [0.2, 0.25) is 0 Å². The van der Waals surface area contributed by atoms with Gasteiger partial charge in [-0.2, -0.15) is 11.8 Å². The van der Waals surface area contributed by atoms with Crippen LogP contribution in [0.1, 0.15) is 28.0 Å². The number of hydrogen-bond acceptors (Lipinski definition) is 7. The second kappa shape index (κ2) is 9.75. The molecule has 0 aliphatic carbocycles. The number of β-amino-alcohol motifs (C(OH)–C–C–N with tert-alkyl or cyclic N) is 1. The second-order valence-corrected chi connectivity index (χ2v) is 8.76. The molecule has 3 heterocycles. The molecule has 1 atom stereocenters. The van der Waals surface area contributed by atoms with Crippen molar-refractivity contribution in [2.75, 3.05) is 57.3 Å². The van der Waals surface area contributed by atoms with Gasteiger partial charge >= 0.3 is 0 Å². The van der Waals surface area contributed by atoms with E-state index in [0.29, 0.717) is 24.7 Å². The van der Waals surface area contributed by atoms with Gasteiger partial charge < -0.3 is 14.4 Å². The number of aliphatic hydroxyl groups is 1. The zero-order valence-corrected chi connectivity index (χ0v) is 17.4. The molecule has 1 unspecified atom stereocenters. The molecular weight excluding hydrogens is 388 g/mol. The quantitative estimate of drug-likeness (QED) is 0.769. The molecule has 7 nitrogen and oxygen atoms in total. The monoisotopic (exact) mass is 416 g/mol. The van der Waals surface area contributed by atoms with Gasteiger partial charge in [0.1, 0.15) is 6.26 Å². The molecule has 2 aliphatic rings. The predicted molar refractivity (Wildman–Crippen MR) is 113 cm³/mol. The van der Waals surface area contributed by atoms with E-state index in [-0.39, 0.29) is 5.91 Å².